The van der Waals surface area contributed by atoms with Crippen LogP contribution in [0.15, 0.2) is 0 Å². The molecule has 0 radical (unpaired) electrons. The molecule has 0 amide bonds. The Hall–Kier alpha value is 0.410. The van der Waals surface area contributed by atoms with E-state index in [1.54, 1.807) is 0 Å². The SMILES string of the molecule is FC1CCC[C@@H]1Br. The lowest BCUT2D eigenvalue weighted by Crippen LogP contribution is -2.04. The smallest absolute Gasteiger partial charge is 0.113 e. The summed E-state index contributed by atoms with van der Waals surface area (Å²) in [7, 11) is 0. The van der Waals surface area contributed by atoms with E-state index in [0.29, 0.717) is 0 Å². The summed E-state index contributed by atoms with van der Waals surface area (Å²) in [6.45, 7) is 0. The highest BCUT2D eigenvalue weighted by molar-refractivity contribution is 9.09. The van der Waals surface area contributed by atoms with E-state index in [-0.39, 0.29) is 4.83 Å². The third-order valence-electron chi connectivity index (χ3n) is 1.35. The fourth-order valence-corrected chi connectivity index (χ4v) is 1.46. The fraction of sp³-hybridized carbons (Fsp3) is 1.00. The highest BCUT2D eigenvalue weighted by Gasteiger charge is 2.23. The van der Waals surface area contributed by atoms with Gasteiger partial charge in [-0.15, -0.1) is 0 Å². The maximum absolute atomic E-state index is 12.3. The summed E-state index contributed by atoms with van der Waals surface area (Å²) in [6, 6.07) is 0. The molecule has 0 aromatic heterocycles. The molecule has 7 heavy (non-hydrogen) atoms. The second-order valence-corrected chi connectivity index (χ2v) is 3.14. The molecule has 1 aliphatic rings. The summed E-state index contributed by atoms with van der Waals surface area (Å²) >= 11 is 3.23. The van der Waals surface area contributed by atoms with E-state index in [9.17, 15) is 4.39 Å². The molecular formula is C5H8BrF. The van der Waals surface area contributed by atoms with E-state index in [1.807, 2.05) is 0 Å². The van der Waals surface area contributed by atoms with Gasteiger partial charge in [-0.1, -0.05) is 15.9 Å². The van der Waals surface area contributed by atoms with Gasteiger partial charge in [0, 0.05) is 4.83 Å². The maximum atomic E-state index is 12.3. The summed E-state index contributed by atoms with van der Waals surface area (Å²) in [5.74, 6) is 0. The van der Waals surface area contributed by atoms with E-state index in [4.69, 9.17) is 0 Å². The first kappa shape index (κ1) is 5.54. The third kappa shape index (κ3) is 1.15. The number of hydrogen-bond donors (Lipinski definition) is 0. The quantitative estimate of drug-likeness (QED) is 0.485. The zero-order valence-electron chi connectivity index (χ0n) is 4.03. The Morgan fingerprint density at radius 2 is 2.14 bits per heavy atom. The molecular weight excluding hydrogens is 159 g/mol. The van der Waals surface area contributed by atoms with Crippen LogP contribution in [0.1, 0.15) is 19.3 Å². The van der Waals surface area contributed by atoms with Crippen molar-refractivity contribution >= 4 is 15.9 Å². The summed E-state index contributed by atoms with van der Waals surface area (Å²) in [5.41, 5.74) is 0. The number of alkyl halides is 2. The fourth-order valence-electron chi connectivity index (χ4n) is 0.870. The lowest BCUT2D eigenvalue weighted by molar-refractivity contribution is 0.352. The first-order chi connectivity index (χ1) is 3.30. The molecule has 0 bridgehead atoms. The van der Waals surface area contributed by atoms with Gasteiger partial charge in [0.15, 0.2) is 0 Å². The summed E-state index contributed by atoms with van der Waals surface area (Å²) < 4.78 is 12.3. The maximum Gasteiger partial charge on any atom is 0.113 e. The average molecular weight is 167 g/mol. The van der Waals surface area contributed by atoms with Crippen LogP contribution in [0.25, 0.3) is 0 Å². The summed E-state index contributed by atoms with van der Waals surface area (Å²) in [4.78, 5) is 0.160. The van der Waals surface area contributed by atoms with Crippen LogP contribution in [0, 0.1) is 0 Å². The monoisotopic (exact) mass is 166 g/mol. The molecule has 2 heteroatoms. The normalized spacial score (nSPS) is 42.0. The van der Waals surface area contributed by atoms with Crippen LogP contribution < -0.4 is 0 Å². The molecule has 0 aromatic rings. The van der Waals surface area contributed by atoms with Gasteiger partial charge >= 0.3 is 0 Å². The van der Waals surface area contributed by atoms with Crippen molar-refractivity contribution in [3.63, 3.8) is 0 Å². The van der Waals surface area contributed by atoms with E-state index < -0.39 is 6.17 Å². The topological polar surface area (TPSA) is 0 Å². The molecule has 1 rings (SSSR count). The zero-order chi connectivity index (χ0) is 5.28. The zero-order valence-corrected chi connectivity index (χ0v) is 5.62. The highest BCUT2D eigenvalue weighted by Crippen LogP contribution is 2.27. The van der Waals surface area contributed by atoms with Gasteiger partial charge in [0.05, 0.1) is 0 Å². The van der Waals surface area contributed by atoms with E-state index in [1.165, 1.54) is 0 Å². The van der Waals surface area contributed by atoms with Gasteiger partial charge in [-0.25, -0.2) is 4.39 Å². The molecule has 1 aliphatic carbocycles. The molecule has 1 unspecified atom stereocenters. The highest BCUT2D eigenvalue weighted by atomic mass is 79.9. The number of rotatable bonds is 0. The van der Waals surface area contributed by atoms with Gasteiger partial charge in [0.2, 0.25) is 0 Å². The van der Waals surface area contributed by atoms with Crippen molar-refractivity contribution in [1.82, 2.24) is 0 Å². The Bertz CT molecular complexity index is 57.1. The standard InChI is InChI=1S/C5H8BrF/c6-4-2-1-3-5(4)7/h4-5H,1-3H2/t4-,5?/m0/s1. The second-order valence-electron chi connectivity index (χ2n) is 1.96. The number of hydrogen-bond acceptors (Lipinski definition) is 0. The van der Waals surface area contributed by atoms with Gasteiger partial charge in [-0.2, -0.15) is 0 Å². The molecule has 0 saturated heterocycles. The van der Waals surface area contributed by atoms with E-state index in [2.05, 4.69) is 15.9 Å². The van der Waals surface area contributed by atoms with Gasteiger partial charge in [0.25, 0.3) is 0 Å². The van der Waals surface area contributed by atoms with Gasteiger partial charge < -0.3 is 0 Å². The van der Waals surface area contributed by atoms with Crippen LogP contribution in [-0.2, 0) is 0 Å². The molecule has 0 heterocycles. The molecule has 0 spiro atoms. The van der Waals surface area contributed by atoms with Crippen molar-refractivity contribution in [2.24, 2.45) is 0 Å². The number of halogens is 2. The van der Waals surface area contributed by atoms with Crippen LogP contribution in [0.4, 0.5) is 4.39 Å². The van der Waals surface area contributed by atoms with Gasteiger partial charge in [0.1, 0.15) is 6.17 Å². The Balaban J connectivity index is 2.33. The molecule has 42 valence electrons. The van der Waals surface area contributed by atoms with E-state index in [0.717, 1.165) is 19.3 Å². The molecule has 1 saturated carbocycles. The summed E-state index contributed by atoms with van der Waals surface area (Å²) in [5, 5.41) is 0. The Morgan fingerprint density at radius 1 is 1.43 bits per heavy atom. The van der Waals surface area contributed by atoms with Crippen molar-refractivity contribution in [2.45, 2.75) is 30.3 Å². The summed E-state index contributed by atoms with van der Waals surface area (Å²) in [6.07, 6.45) is 2.26. The van der Waals surface area contributed by atoms with Gasteiger partial charge in [-0.3, -0.25) is 0 Å². The van der Waals surface area contributed by atoms with Crippen molar-refractivity contribution < 1.29 is 4.39 Å². The molecule has 1 fully saturated rings. The minimum absolute atomic E-state index is 0.160. The second kappa shape index (κ2) is 2.12. The third-order valence-corrected chi connectivity index (χ3v) is 2.38. The first-order valence-corrected chi connectivity index (χ1v) is 3.50. The van der Waals surface area contributed by atoms with Crippen LogP contribution >= 0.6 is 15.9 Å². The molecule has 0 aromatic carbocycles. The Morgan fingerprint density at radius 3 is 2.29 bits per heavy atom. The van der Waals surface area contributed by atoms with Crippen LogP contribution in [0.3, 0.4) is 0 Å². The minimum Gasteiger partial charge on any atom is -0.246 e. The lowest BCUT2D eigenvalue weighted by atomic mass is 10.3. The molecule has 0 N–H and O–H groups in total. The van der Waals surface area contributed by atoms with Crippen molar-refractivity contribution in [3.8, 4) is 0 Å². The predicted octanol–water partition coefficient (Wildman–Crippen LogP) is 2.27. The van der Waals surface area contributed by atoms with Crippen LogP contribution in [0.5, 0.6) is 0 Å². The van der Waals surface area contributed by atoms with Crippen molar-refractivity contribution in [3.05, 3.63) is 0 Å². The largest absolute Gasteiger partial charge is 0.246 e. The Kier molecular flexibility index (Phi) is 1.68. The van der Waals surface area contributed by atoms with Crippen LogP contribution in [0.2, 0.25) is 0 Å². The molecule has 0 aliphatic heterocycles. The van der Waals surface area contributed by atoms with E-state index >= 15 is 0 Å². The van der Waals surface area contributed by atoms with Crippen LogP contribution in [-0.4, -0.2) is 11.0 Å². The average Bonchev–Trinajstić information content (AvgIpc) is 1.91. The van der Waals surface area contributed by atoms with Gasteiger partial charge in [-0.05, 0) is 19.3 Å². The molecule has 0 nitrogen and oxygen atoms in total. The predicted molar refractivity (Wildman–Crippen MR) is 31.5 cm³/mol. The van der Waals surface area contributed by atoms with Crippen molar-refractivity contribution in [2.75, 3.05) is 0 Å². The molecule has 2 atom stereocenters. The lowest BCUT2D eigenvalue weighted by Gasteiger charge is -1.98. The Labute approximate surface area is 51.2 Å². The minimum atomic E-state index is -0.569. The first-order valence-electron chi connectivity index (χ1n) is 2.59. The van der Waals surface area contributed by atoms with Crippen molar-refractivity contribution in [1.29, 1.82) is 0 Å².